The lowest BCUT2D eigenvalue weighted by Crippen LogP contribution is -2.12. The van der Waals surface area contributed by atoms with E-state index in [1.807, 2.05) is 0 Å². The highest BCUT2D eigenvalue weighted by molar-refractivity contribution is 5.70. The lowest BCUT2D eigenvalue weighted by molar-refractivity contribution is -0.141. The van der Waals surface area contributed by atoms with Crippen LogP contribution in [0.4, 0.5) is 0 Å². The van der Waals surface area contributed by atoms with Gasteiger partial charge in [0.1, 0.15) is 0 Å². The van der Waals surface area contributed by atoms with Crippen LogP contribution in [0.5, 0.6) is 0 Å². The third-order valence-corrected chi connectivity index (χ3v) is 3.16. The summed E-state index contributed by atoms with van der Waals surface area (Å²) in [7, 11) is 0. The number of carbonyl (C=O) groups is 1. The van der Waals surface area contributed by atoms with Crippen LogP contribution in [-0.2, 0) is 4.79 Å². The van der Waals surface area contributed by atoms with Crippen molar-refractivity contribution < 1.29 is 9.90 Å². The van der Waals surface area contributed by atoms with Gasteiger partial charge in [0.15, 0.2) is 0 Å². The minimum atomic E-state index is -0.684. The molecule has 0 aromatic carbocycles. The van der Waals surface area contributed by atoms with Gasteiger partial charge in [-0.25, -0.2) is 0 Å². The summed E-state index contributed by atoms with van der Waals surface area (Å²) in [6.07, 6.45) is 13.2. The maximum Gasteiger partial charge on any atom is 0.306 e. The Morgan fingerprint density at radius 2 is 1.47 bits per heavy atom. The average molecular weight is 270 g/mol. The van der Waals surface area contributed by atoms with Crippen LogP contribution in [0.15, 0.2) is 12.7 Å². The van der Waals surface area contributed by atoms with Crippen molar-refractivity contribution in [3.63, 3.8) is 0 Å². The number of carboxylic acid groups (broad SMARTS) is 1. The van der Waals surface area contributed by atoms with E-state index in [1.165, 1.54) is 38.5 Å². The normalized spacial score (nSPS) is 11.3. The Labute approximate surface area is 120 Å². The largest absolute Gasteiger partial charge is 0.481 e. The second kappa shape index (κ2) is 17.2. The topological polar surface area (TPSA) is 37.3 Å². The lowest BCUT2D eigenvalue weighted by atomic mass is 9.98. The Bertz CT molecular complexity index is 195. The summed E-state index contributed by atoms with van der Waals surface area (Å²) in [5, 5.41) is 8.81. The van der Waals surface area contributed by atoms with Crippen molar-refractivity contribution in [3.05, 3.63) is 12.7 Å². The Morgan fingerprint density at radius 3 is 1.84 bits per heavy atom. The van der Waals surface area contributed by atoms with Crippen molar-refractivity contribution in [3.8, 4) is 0 Å². The molecule has 1 atom stereocenters. The predicted octanol–water partition coefficient (Wildman–Crippen LogP) is 5.82. The van der Waals surface area contributed by atoms with Crippen LogP contribution in [0, 0.1) is 5.92 Å². The van der Waals surface area contributed by atoms with Gasteiger partial charge in [0.05, 0.1) is 5.92 Å². The molecule has 0 saturated carbocycles. The fraction of sp³-hybridized carbons (Fsp3) is 0.824. The first kappa shape index (κ1) is 20.5. The van der Waals surface area contributed by atoms with E-state index < -0.39 is 5.97 Å². The van der Waals surface area contributed by atoms with Gasteiger partial charge in [-0.15, -0.1) is 6.58 Å². The third kappa shape index (κ3) is 17.2. The Kier molecular flexibility index (Phi) is 18.6. The van der Waals surface area contributed by atoms with Gasteiger partial charge in [0.2, 0.25) is 0 Å². The quantitative estimate of drug-likeness (QED) is 0.379. The molecule has 0 aliphatic heterocycles. The highest BCUT2D eigenvalue weighted by atomic mass is 16.4. The second-order valence-electron chi connectivity index (χ2n) is 5.12. The van der Waals surface area contributed by atoms with Gasteiger partial charge in [-0.2, -0.15) is 0 Å². The zero-order chi connectivity index (χ0) is 14.9. The van der Waals surface area contributed by atoms with Crippen LogP contribution in [0.2, 0.25) is 0 Å². The van der Waals surface area contributed by atoms with Gasteiger partial charge >= 0.3 is 5.97 Å². The van der Waals surface area contributed by atoms with Crippen molar-refractivity contribution in [1.29, 1.82) is 0 Å². The molecule has 0 amide bonds. The molecule has 2 heteroatoms. The molecule has 0 unspecified atom stereocenters. The van der Waals surface area contributed by atoms with Gasteiger partial charge in [-0.05, 0) is 12.8 Å². The van der Waals surface area contributed by atoms with Gasteiger partial charge < -0.3 is 5.11 Å². The first-order valence-corrected chi connectivity index (χ1v) is 7.97. The summed E-state index contributed by atoms with van der Waals surface area (Å²) in [5.74, 6) is -0.897. The molecule has 0 heterocycles. The minimum Gasteiger partial charge on any atom is -0.481 e. The molecule has 1 N–H and O–H groups in total. The van der Waals surface area contributed by atoms with E-state index in [4.69, 9.17) is 5.11 Å². The van der Waals surface area contributed by atoms with Crippen molar-refractivity contribution in [2.75, 3.05) is 0 Å². The van der Waals surface area contributed by atoms with Crippen molar-refractivity contribution >= 4 is 5.97 Å². The van der Waals surface area contributed by atoms with Gasteiger partial charge in [-0.1, -0.05) is 78.2 Å². The molecule has 0 aliphatic rings. The number of hydrogen-bond acceptors (Lipinski definition) is 1. The van der Waals surface area contributed by atoms with Crippen LogP contribution >= 0.6 is 0 Å². The highest BCUT2D eigenvalue weighted by Gasteiger charge is 2.14. The standard InChI is InChI=1S/C11H20O2.C6H14/c1-3-5-6-7-9-10(8-4-2)11(12)13;1-3-5-6-4-2/h4,10H,2-3,5-9H2,1H3,(H,12,13);3-6H2,1-2H3/t10-;/m1./s1. The minimum absolute atomic E-state index is 0.214. The van der Waals surface area contributed by atoms with Gasteiger partial charge in [-0.3, -0.25) is 4.79 Å². The molecule has 0 fully saturated rings. The van der Waals surface area contributed by atoms with Gasteiger partial charge in [0.25, 0.3) is 0 Å². The summed E-state index contributed by atoms with van der Waals surface area (Å²) in [6, 6.07) is 0. The molecule has 0 radical (unpaired) electrons. The van der Waals surface area contributed by atoms with Crippen molar-refractivity contribution in [2.24, 2.45) is 5.92 Å². The van der Waals surface area contributed by atoms with E-state index in [0.717, 1.165) is 19.3 Å². The first-order chi connectivity index (χ1) is 9.13. The molecule has 0 spiro atoms. The Balaban J connectivity index is 0. The van der Waals surface area contributed by atoms with Crippen LogP contribution in [0.25, 0.3) is 0 Å². The predicted molar refractivity (Wildman–Crippen MR) is 84.5 cm³/mol. The first-order valence-electron chi connectivity index (χ1n) is 7.97. The second-order valence-corrected chi connectivity index (χ2v) is 5.12. The zero-order valence-electron chi connectivity index (χ0n) is 13.3. The molecule has 0 bridgehead atoms. The van der Waals surface area contributed by atoms with Crippen molar-refractivity contribution in [1.82, 2.24) is 0 Å². The third-order valence-electron chi connectivity index (χ3n) is 3.16. The summed E-state index contributed by atoms with van der Waals surface area (Å²) in [5.41, 5.74) is 0. The molecular formula is C17H34O2. The van der Waals surface area contributed by atoms with E-state index >= 15 is 0 Å². The number of allylic oxidation sites excluding steroid dienone is 1. The SMILES string of the molecule is C=CC[C@H](CCCCCC)C(=O)O.CCCCCC. The van der Waals surface area contributed by atoms with E-state index in [0.29, 0.717) is 6.42 Å². The fourth-order valence-corrected chi connectivity index (χ4v) is 1.86. The number of unbranched alkanes of at least 4 members (excludes halogenated alkanes) is 6. The molecule has 0 aliphatic carbocycles. The number of rotatable bonds is 11. The Hall–Kier alpha value is -0.790. The summed E-state index contributed by atoms with van der Waals surface area (Å²) in [6.45, 7) is 10.2. The number of carboxylic acids is 1. The summed E-state index contributed by atoms with van der Waals surface area (Å²) >= 11 is 0. The average Bonchev–Trinajstić information content (AvgIpc) is 2.40. The van der Waals surface area contributed by atoms with E-state index in [-0.39, 0.29) is 5.92 Å². The summed E-state index contributed by atoms with van der Waals surface area (Å²) < 4.78 is 0. The molecule has 2 nitrogen and oxygen atoms in total. The molecule has 0 aromatic heterocycles. The maximum atomic E-state index is 10.7. The lowest BCUT2D eigenvalue weighted by Gasteiger charge is -2.08. The molecule has 19 heavy (non-hydrogen) atoms. The molecule has 114 valence electrons. The van der Waals surface area contributed by atoms with Crippen LogP contribution < -0.4 is 0 Å². The van der Waals surface area contributed by atoms with Crippen molar-refractivity contribution in [2.45, 2.75) is 85.0 Å². The molecule has 0 saturated heterocycles. The Morgan fingerprint density at radius 1 is 1.00 bits per heavy atom. The smallest absolute Gasteiger partial charge is 0.306 e. The van der Waals surface area contributed by atoms with Crippen LogP contribution in [0.3, 0.4) is 0 Å². The maximum absolute atomic E-state index is 10.7. The number of aliphatic carboxylic acids is 1. The van der Waals surface area contributed by atoms with Gasteiger partial charge in [0, 0.05) is 0 Å². The molecule has 0 rings (SSSR count). The summed E-state index contributed by atoms with van der Waals surface area (Å²) in [4.78, 5) is 10.7. The van der Waals surface area contributed by atoms with Crippen LogP contribution in [-0.4, -0.2) is 11.1 Å². The fourth-order valence-electron chi connectivity index (χ4n) is 1.86. The molecular weight excluding hydrogens is 236 g/mol. The highest BCUT2D eigenvalue weighted by Crippen LogP contribution is 2.14. The number of hydrogen-bond donors (Lipinski definition) is 1. The molecule has 0 aromatic rings. The van der Waals surface area contributed by atoms with Crippen LogP contribution in [0.1, 0.15) is 85.0 Å². The zero-order valence-corrected chi connectivity index (χ0v) is 13.3. The van der Waals surface area contributed by atoms with E-state index in [9.17, 15) is 4.79 Å². The monoisotopic (exact) mass is 270 g/mol. The van der Waals surface area contributed by atoms with E-state index in [2.05, 4.69) is 27.4 Å². The van der Waals surface area contributed by atoms with E-state index in [1.54, 1.807) is 6.08 Å².